The summed E-state index contributed by atoms with van der Waals surface area (Å²) in [5, 5.41) is 14.0. The Bertz CT molecular complexity index is 283. The van der Waals surface area contributed by atoms with Crippen molar-refractivity contribution in [1.29, 1.82) is 0 Å². The van der Waals surface area contributed by atoms with Crippen molar-refractivity contribution in [3.05, 3.63) is 0 Å². The third-order valence-electron chi connectivity index (χ3n) is 2.92. The van der Waals surface area contributed by atoms with Crippen molar-refractivity contribution in [2.75, 3.05) is 44.2 Å². The number of nitrogens with one attached hydrogen (secondary N) is 2. The lowest BCUT2D eigenvalue weighted by Crippen LogP contribution is -2.42. The van der Waals surface area contributed by atoms with Gasteiger partial charge in [-0.05, 0) is 12.8 Å². The van der Waals surface area contributed by atoms with Gasteiger partial charge in [0.1, 0.15) is 0 Å². The quantitative estimate of drug-likeness (QED) is 0.570. The molecule has 1 fully saturated rings. The number of carboxylic acids is 1. The van der Waals surface area contributed by atoms with Gasteiger partial charge in [0, 0.05) is 50.7 Å². The smallest absolute Gasteiger partial charge is 0.314 e. The lowest BCUT2D eigenvalue weighted by molar-refractivity contribution is -0.137. The van der Waals surface area contributed by atoms with Crippen LogP contribution in [-0.2, 0) is 4.79 Å². The molecule has 19 heavy (non-hydrogen) atoms. The molecule has 1 aliphatic heterocycles. The Morgan fingerprint density at radius 3 is 2.47 bits per heavy atom. The van der Waals surface area contributed by atoms with E-state index in [-0.39, 0.29) is 12.5 Å². The zero-order chi connectivity index (χ0) is 13.9. The van der Waals surface area contributed by atoms with Crippen LogP contribution in [0.4, 0.5) is 4.79 Å². The fourth-order valence-corrected chi connectivity index (χ4v) is 2.80. The monoisotopic (exact) mass is 289 g/mol. The number of carbonyl (C=O) groups excluding carboxylic acids is 1. The minimum atomic E-state index is -0.788. The third-order valence-corrected chi connectivity index (χ3v) is 3.86. The van der Waals surface area contributed by atoms with Crippen LogP contribution in [0.5, 0.6) is 0 Å². The highest BCUT2D eigenvalue weighted by molar-refractivity contribution is 7.99. The van der Waals surface area contributed by atoms with Crippen molar-refractivity contribution in [3.8, 4) is 0 Å². The topological polar surface area (TPSA) is 81.7 Å². The second-order valence-electron chi connectivity index (χ2n) is 4.49. The molecule has 0 spiro atoms. The number of hydrogen-bond donors (Lipinski definition) is 3. The molecule has 3 N–H and O–H groups in total. The Balaban J connectivity index is 1.91. The van der Waals surface area contributed by atoms with Crippen LogP contribution in [0, 0.1) is 0 Å². The standard InChI is InChI=1S/C12H23N3O3S/c16-11(17)3-1-2-4-13-12(18)14-5-6-15-7-9-19-10-8-15/h1-10H2,(H,16,17)(H2,13,14,18). The van der Waals surface area contributed by atoms with Crippen molar-refractivity contribution >= 4 is 23.8 Å². The van der Waals surface area contributed by atoms with Crippen molar-refractivity contribution in [3.63, 3.8) is 0 Å². The van der Waals surface area contributed by atoms with E-state index in [1.54, 1.807) is 0 Å². The minimum Gasteiger partial charge on any atom is -0.481 e. The average molecular weight is 289 g/mol. The summed E-state index contributed by atoms with van der Waals surface area (Å²) in [6, 6.07) is -0.165. The normalized spacial score (nSPS) is 16.0. The van der Waals surface area contributed by atoms with Gasteiger partial charge in [-0.1, -0.05) is 0 Å². The summed E-state index contributed by atoms with van der Waals surface area (Å²) in [6.07, 6.45) is 1.46. The van der Waals surface area contributed by atoms with Crippen LogP contribution in [0.1, 0.15) is 19.3 Å². The largest absolute Gasteiger partial charge is 0.481 e. The van der Waals surface area contributed by atoms with E-state index in [0.717, 1.165) is 19.6 Å². The molecule has 0 unspecified atom stereocenters. The number of rotatable bonds is 8. The van der Waals surface area contributed by atoms with Gasteiger partial charge in [-0.25, -0.2) is 4.79 Å². The first-order chi connectivity index (χ1) is 9.18. The van der Waals surface area contributed by atoms with Crippen LogP contribution in [0.2, 0.25) is 0 Å². The molecular weight excluding hydrogens is 266 g/mol. The van der Waals surface area contributed by atoms with Gasteiger partial charge in [0.15, 0.2) is 0 Å². The first-order valence-electron chi connectivity index (χ1n) is 6.72. The number of nitrogens with zero attached hydrogens (tertiary/aromatic N) is 1. The highest BCUT2D eigenvalue weighted by Crippen LogP contribution is 2.07. The van der Waals surface area contributed by atoms with Gasteiger partial charge in [0.2, 0.25) is 0 Å². The first-order valence-corrected chi connectivity index (χ1v) is 7.87. The zero-order valence-electron chi connectivity index (χ0n) is 11.2. The molecule has 6 nitrogen and oxygen atoms in total. The van der Waals surface area contributed by atoms with Crippen LogP contribution in [0.3, 0.4) is 0 Å². The fraction of sp³-hybridized carbons (Fsp3) is 0.833. The van der Waals surface area contributed by atoms with Gasteiger partial charge in [0.25, 0.3) is 0 Å². The van der Waals surface area contributed by atoms with Crippen LogP contribution in [0.25, 0.3) is 0 Å². The maximum atomic E-state index is 11.4. The van der Waals surface area contributed by atoms with Gasteiger partial charge in [0.05, 0.1) is 0 Å². The predicted octanol–water partition coefficient (Wildman–Crippen LogP) is 0.589. The molecule has 1 saturated heterocycles. The van der Waals surface area contributed by atoms with E-state index in [9.17, 15) is 9.59 Å². The molecule has 1 aliphatic rings. The number of amides is 2. The molecule has 2 amide bonds. The van der Waals surface area contributed by atoms with Crippen LogP contribution in [-0.4, -0.2) is 66.2 Å². The molecule has 0 aliphatic carbocycles. The Labute approximate surface area is 118 Å². The number of thioether (sulfide) groups is 1. The van der Waals surface area contributed by atoms with Gasteiger partial charge in [-0.2, -0.15) is 11.8 Å². The molecule has 0 aromatic heterocycles. The molecule has 0 aromatic rings. The minimum absolute atomic E-state index is 0.163. The molecule has 7 heteroatoms. The number of urea groups is 1. The lowest BCUT2D eigenvalue weighted by Gasteiger charge is -2.25. The summed E-state index contributed by atoms with van der Waals surface area (Å²) >= 11 is 1.97. The lowest BCUT2D eigenvalue weighted by atomic mass is 10.2. The number of hydrogen-bond acceptors (Lipinski definition) is 4. The van der Waals surface area contributed by atoms with E-state index < -0.39 is 5.97 Å². The number of carboxylic acid groups (broad SMARTS) is 1. The van der Waals surface area contributed by atoms with Crippen LogP contribution < -0.4 is 10.6 Å². The van der Waals surface area contributed by atoms with E-state index in [0.29, 0.717) is 25.9 Å². The van der Waals surface area contributed by atoms with Gasteiger partial charge in [-0.15, -0.1) is 0 Å². The summed E-state index contributed by atoms with van der Waals surface area (Å²) in [5.41, 5.74) is 0. The highest BCUT2D eigenvalue weighted by atomic mass is 32.2. The van der Waals surface area contributed by atoms with E-state index in [2.05, 4.69) is 15.5 Å². The van der Waals surface area contributed by atoms with Crippen LogP contribution in [0.15, 0.2) is 0 Å². The van der Waals surface area contributed by atoms with Crippen molar-refractivity contribution in [2.45, 2.75) is 19.3 Å². The molecule has 1 heterocycles. The van der Waals surface area contributed by atoms with Crippen molar-refractivity contribution < 1.29 is 14.7 Å². The summed E-state index contributed by atoms with van der Waals surface area (Å²) in [4.78, 5) is 24.1. The summed E-state index contributed by atoms with van der Waals surface area (Å²) < 4.78 is 0. The van der Waals surface area contributed by atoms with E-state index in [4.69, 9.17) is 5.11 Å². The Morgan fingerprint density at radius 1 is 1.11 bits per heavy atom. The van der Waals surface area contributed by atoms with E-state index >= 15 is 0 Å². The number of unbranched alkanes of at least 4 members (excludes halogenated alkanes) is 1. The zero-order valence-corrected chi connectivity index (χ0v) is 12.0. The summed E-state index contributed by atoms with van der Waals surface area (Å²) in [5.74, 6) is 1.56. The molecule has 1 rings (SSSR count). The Hall–Kier alpha value is -0.950. The van der Waals surface area contributed by atoms with Crippen molar-refractivity contribution in [2.24, 2.45) is 0 Å². The van der Waals surface area contributed by atoms with Crippen LogP contribution >= 0.6 is 11.8 Å². The first kappa shape index (κ1) is 16.1. The molecular formula is C12H23N3O3S. The van der Waals surface area contributed by atoms with Gasteiger partial charge >= 0.3 is 12.0 Å². The second-order valence-corrected chi connectivity index (χ2v) is 5.71. The number of aliphatic carboxylic acids is 1. The molecule has 0 aromatic carbocycles. The Kier molecular flexibility index (Phi) is 8.40. The van der Waals surface area contributed by atoms with Gasteiger partial charge < -0.3 is 15.7 Å². The summed E-state index contributed by atoms with van der Waals surface area (Å²) in [6.45, 7) is 4.28. The maximum Gasteiger partial charge on any atom is 0.314 e. The molecule has 110 valence electrons. The van der Waals surface area contributed by atoms with E-state index in [1.807, 2.05) is 11.8 Å². The second kappa shape index (κ2) is 9.91. The molecule has 0 bridgehead atoms. The highest BCUT2D eigenvalue weighted by Gasteiger charge is 2.09. The fourth-order valence-electron chi connectivity index (χ4n) is 1.82. The number of carbonyl (C=O) groups is 2. The Morgan fingerprint density at radius 2 is 1.79 bits per heavy atom. The SMILES string of the molecule is O=C(O)CCCCNC(=O)NCCN1CCSCC1. The van der Waals surface area contributed by atoms with Gasteiger partial charge in [-0.3, -0.25) is 9.69 Å². The predicted molar refractivity (Wildman–Crippen MR) is 76.7 cm³/mol. The van der Waals surface area contributed by atoms with Crippen molar-refractivity contribution in [1.82, 2.24) is 15.5 Å². The molecule has 0 atom stereocenters. The molecule has 0 radical (unpaired) electrons. The summed E-state index contributed by atoms with van der Waals surface area (Å²) in [7, 11) is 0. The molecule has 0 saturated carbocycles. The van der Waals surface area contributed by atoms with E-state index in [1.165, 1.54) is 11.5 Å². The maximum absolute atomic E-state index is 11.4. The third kappa shape index (κ3) is 8.72. The average Bonchev–Trinajstić information content (AvgIpc) is 2.39.